The van der Waals surface area contributed by atoms with Gasteiger partial charge in [0.25, 0.3) is 0 Å². The summed E-state index contributed by atoms with van der Waals surface area (Å²) in [5, 5.41) is 9.26. The van der Waals surface area contributed by atoms with E-state index in [2.05, 4.69) is 20.8 Å². The third kappa shape index (κ3) is 2.57. The van der Waals surface area contributed by atoms with Gasteiger partial charge >= 0.3 is 0 Å². The Morgan fingerprint density at radius 3 is 2.62 bits per heavy atom. The van der Waals surface area contributed by atoms with Crippen LogP contribution in [0.25, 0.3) is 0 Å². The van der Waals surface area contributed by atoms with E-state index < -0.39 is 0 Å². The number of rotatable bonds is 4. The van der Waals surface area contributed by atoms with Crippen LogP contribution < -0.4 is 15.8 Å². The third-order valence-corrected chi connectivity index (χ3v) is 1.73. The van der Waals surface area contributed by atoms with E-state index in [4.69, 9.17) is 0 Å². The Kier molecular flexibility index (Phi) is 3.49. The van der Waals surface area contributed by atoms with Crippen LogP contribution in [0.15, 0.2) is 12.1 Å². The fraction of sp³-hybridized carbons (Fsp3) is 0.286. The maximum absolute atomic E-state index is 4.33. The summed E-state index contributed by atoms with van der Waals surface area (Å²) < 4.78 is 0. The van der Waals surface area contributed by atoms with E-state index in [1.807, 2.05) is 34.0 Å². The van der Waals surface area contributed by atoms with Crippen LogP contribution in [-0.2, 0) is 0 Å². The average molecular weight is 176 g/mol. The van der Waals surface area contributed by atoms with E-state index in [0.29, 0.717) is 0 Å². The van der Waals surface area contributed by atoms with Crippen LogP contribution in [0.2, 0.25) is 6.82 Å². The molecule has 4 nitrogen and oxygen atoms in total. The van der Waals surface area contributed by atoms with E-state index in [1.54, 1.807) is 0 Å². The number of hydrogen-bond acceptors (Lipinski definition) is 4. The van der Waals surface area contributed by atoms with Crippen LogP contribution in [-0.4, -0.2) is 27.4 Å². The monoisotopic (exact) mass is 176 g/mol. The summed E-state index contributed by atoms with van der Waals surface area (Å²) in [6.07, 6.45) is 0. The van der Waals surface area contributed by atoms with Crippen molar-refractivity contribution in [2.75, 3.05) is 22.8 Å². The molecule has 1 aromatic rings. The highest BCUT2D eigenvalue weighted by atomic mass is 15.0. The summed E-state index contributed by atoms with van der Waals surface area (Å²) in [6, 6.07) is 3.94. The van der Waals surface area contributed by atoms with Gasteiger partial charge in [-0.2, -0.15) is 0 Å². The SMILES string of the molecule is BNc1cc(NC)cc(NBC)n1. The quantitative estimate of drug-likeness (QED) is 0.560. The zero-order valence-corrected chi connectivity index (χ0v) is 8.31. The van der Waals surface area contributed by atoms with Gasteiger partial charge in [0.2, 0.25) is 15.4 Å². The van der Waals surface area contributed by atoms with Crippen LogP contribution in [0.5, 0.6) is 0 Å². The van der Waals surface area contributed by atoms with E-state index in [0.717, 1.165) is 24.7 Å². The van der Waals surface area contributed by atoms with E-state index >= 15 is 0 Å². The molecule has 0 bridgehead atoms. The van der Waals surface area contributed by atoms with Crippen molar-refractivity contribution < 1.29 is 0 Å². The second-order valence-electron chi connectivity index (χ2n) is 2.66. The van der Waals surface area contributed by atoms with Crippen molar-refractivity contribution in [3.63, 3.8) is 0 Å². The van der Waals surface area contributed by atoms with E-state index in [-0.39, 0.29) is 0 Å². The standard InChI is InChI=1S/C7H14B2N4/c1-9-13-7-4-5(10-2)3-6(11-7)12-8/h3-4,9H,8H2,1-2H3,(H3,10,11,12,13). The fourth-order valence-corrected chi connectivity index (χ4v) is 1.07. The van der Waals surface area contributed by atoms with Gasteiger partial charge in [0, 0.05) is 24.9 Å². The molecule has 0 aliphatic heterocycles. The first-order valence-corrected chi connectivity index (χ1v) is 4.41. The maximum atomic E-state index is 4.33. The van der Waals surface area contributed by atoms with Gasteiger partial charge in [-0.1, -0.05) is 6.82 Å². The van der Waals surface area contributed by atoms with E-state index in [9.17, 15) is 0 Å². The van der Waals surface area contributed by atoms with Crippen LogP contribution in [0.1, 0.15) is 0 Å². The normalized spacial score (nSPS) is 9.08. The smallest absolute Gasteiger partial charge is 0.231 e. The Hall–Kier alpha value is -1.32. The Morgan fingerprint density at radius 1 is 1.38 bits per heavy atom. The zero-order valence-electron chi connectivity index (χ0n) is 8.31. The van der Waals surface area contributed by atoms with Crippen molar-refractivity contribution in [2.24, 2.45) is 0 Å². The Morgan fingerprint density at radius 2 is 2.08 bits per heavy atom. The predicted molar refractivity (Wildman–Crippen MR) is 62.6 cm³/mol. The second-order valence-corrected chi connectivity index (χ2v) is 2.66. The van der Waals surface area contributed by atoms with Crippen molar-refractivity contribution in [1.29, 1.82) is 0 Å². The number of hydrogen-bond donors (Lipinski definition) is 3. The highest BCUT2D eigenvalue weighted by Crippen LogP contribution is 2.17. The van der Waals surface area contributed by atoms with Crippen molar-refractivity contribution in [3.05, 3.63) is 12.1 Å². The molecule has 13 heavy (non-hydrogen) atoms. The Balaban J connectivity index is 2.93. The summed E-state index contributed by atoms with van der Waals surface area (Å²) in [6.45, 7) is 2.05. The second kappa shape index (κ2) is 4.64. The molecule has 1 aromatic heterocycles. The molecule has 68 valence electrons. The van der Waals surface area contributed by atoms with Gasteiger partial charge in [0.15, 0.2) is 0 Å². The molecule has 0 unspecified atom stereocenters. The summed E-state index contributed by atoms with van der Waals surface area (Å²) >= 11 is 0. The van der Waals surface area contributed by atoms with Crippen LogP contribution in [0.3, 0.4) is 0 Å². The number of anilines is 3. The Labute approximate surface area is 80.2 Å². The lowest BCUT2D eigenvalue weighted by Crippen LogP contribution is -2.05. The van der Waals surface area contributed by atoms with E-state index in [1.165, 1.54) is 0 Å². The highest BCUT2D eigenvalue weighted by Gasteiger charge is 1.98. The molecule has 6 heteroatoms. The minimum atomic E-state index is 0.864. The molecule has 0 aliphatic carbocycles. The first kappa shape index (κ1) is 9.77. The van der Waals surface area contributed by atoms with Crippen molar-refractivity contribution >= 4 is 32.7 Å². The molecule has 3 N–H and O–H groups in total. The molecule has 0 fully saturated rings. The van der Waals surface area contributed by atoms with Gasteiger partial charge in [-0.15, -0.1) is 0 Å². The number of aromatic nitrogens is 1. The molecule has 0 spiro atoms. The number of nitrogens with one attached hydrogen (secondary N) is 3. The highest BCUT2D eigenvalue weighted by molar-refractivity contribution is 6.38. The zero-order chi connectivity index (χ0) is 9.68. The molecule has 1 rings (SSSR count). The summed E-state index contributed by atoms with van der Waals surface area (Å²) in [5.41, 5.74) is 1.05. The van der Waals surface area contributed by atoms with Gasteiger partial charge in [0.1, 0.15) is 11.6 Å². The van der Waals surface area contributed by atoms with Gasteiger partial charge in [-0.25, -0.2) is 4.98 Å². The lowest BCUT2D eigenvalue weighted by molar-refractivity contribution is 1.32. The van der Waals surface area contributed by atoms with Crippen LogP contribution >= 0.6 is 0 Å². The Bertz CT molecular complexity index is 257. The first-order chi connectivity index (χ1) is 6.30. The van der Waals surface area contributed by atoms with Gasteiger partial charge in [-0.05, 0) is 0 Å². The number of nitrogens with zero attached hydrogens (tertiary/aromatic N) is 1. The minimum absolute atomic E-state index is 0.864. The van der Waals surface area contributed by atoms with Crippen molar-refractivity contribution in [1.82, 2.24) is 4.98 Å². The first-order valence-electron chi connectivity index (χ1n) is 4.41. The van der Waals surface area contributed by atoms with Crippen LogP contribution in [0, 0.1) is 0 Å². The minimum Gasteiger partial charge on any atom is -0.420 e. The summed E-state index contributed by atoms with van der Waals surface area (Å²) in [5.74, 6) is 1.75. The maximum Gasteiger partial charge on any atom is 0.231 e. The summed E-state index contributed by atoms with van der Waals surface area (Å²) in [4.78, 5) is 4.33. The van der Waals surface area contributed by atoms with Gasteiger partial charge in [0.05, 0.1) is 0 Å². The van der Waals surface area contributed by atoms with Crippen molar-refractivity contribution in [2.45, 2.75) is 6.82 Å². The molecule has 1 heterocycles. The third-order valence-electron chi connectivity index (χ3n) is 1.73. The molecule has 0 aliphatic rings. The lowest BCUT2D eigenvalue weighted by atomic mass is 10.0. The molecular weight excluding hydrogens is 162 g/mol. The molecule has 0 aromatic carbocycles. The molecule has 0 saturated carbocycles. The topological polar surface area (TPSA) is 49.0 Å². The van der Waals surface area contributed by atoms with Gasteiger partial charge < -0.3 is 15.8 Å². The predicted octanol–water partition coefficient (Wildman–Crippen LogP) is -0.105. The molecule has 0 atom stereocenters. The largest absolute Gasteiger partial charge is 0.420 e. The molecule has 0 amide bonds. The molecule has 0 saturated heterocycles. The van der Waals surface area contributed by atoms with Crippen LogP contribution in [0.4, 0.5) is 17.3 Å². The lowest BCUT2D eigenvalue weighted by Gasteiger charge is -2.08. The van der Waals surface area contributed by atoms with Gasteiger partial charge in [-0.3, -0.25) is 0 Å². The average Bonchev–Trinajstić information content (AvgIpc) is 2.17. The van der Waals surface area contributed by atoms with Crippen molar-refractivity contribution in [3.8, 4) is 0 Å². The number of pyridine rings is 1. The molecule has 0 radical (unpaired) electrons. The fourth-order valence-electron chi connectivity index (χ4n) is 1.07. The summed E-state index contributed by atoms with van der Waals surface area (Å²) in [7, 11) is 4.63. The molecular formula is C7H14B2N4.